The van der Waals surface area contributed by atoms with Gasteiger partial charge < -0.3 is 5.73 Å². The molecule has 0 spiro atoms. The molecule has 2 N–H and O–H groups in total. The molecule has 0 aromatic carbocycles. The number of nitrogens with two attached hydrogens (primary N) is 1. The summed E-state index contributed by atoms with van der Waals surface area (Å²) < 4.78 is 2.19. The topological polar surface area (TPSA) is 42.1 Å². The number of rotatable bonds is 3. The van der Waals surface area contributed by atoms with Gasteiger partial charge in [0.1, 0.15) is 5.82 Å². The highest BCUT2D eigenvalue weighted by Crippen LogP contribution is 2.21. The number of aromatic nitrogens is 1. The summed E-state index contributed by atoms with van der Waals surface area (Å²) in [6.45, 7) is 5.24. The van der Waals surface area contributed by atoms with Crippen molar-refractivity contribution in [2.45, 2.75) is 19.9 Å². The van der Waals surface area contributed by atoms with Gasteiger partial charge in [0.25, 0.3) is 0 Å². The zero-order chi connectivity index (χ0) is 9.84. The molecule has 3 nitrogen and oxygen atoms in total. The smallest absolute Gasteiger partial charge is 0.123 e. The van der Waals surface area contributed by atoms with Crippen molar-refractivity contribution < 1.29 is 0 Å². The number of hydrogen-bond acceptors (Lipinski definition) is 3. The van der Waals surface area contributed by atoms with Crippen LogP contribution in [0.15, 0.2) is 18.2 Å². The fourth-order valence-electron chi connectivity index (χ4n) is 1.12. The molecule has 72 valence electrons. The number of hydrogen-bond donors (Lipinski definition) is 1. The third kappa shape index (κ3) is 2.80. The first-order valence-electron chi connectivity index (χ1n) is 4.30. The number of nitrogens with zero attached hydrogens (tertiary/aromatic N) is 2. The van der Waals surface area contributed by atoms with Gasteiger partial charge in [-0.15, -0.1) is 0 Å². The number of pyridine rings is 1. The molecular formula is C9H14IN3. The maximum absolute atomic E-state index is 5.61. The Morgan fingerprint density at radius 1 is 1.62 bits per heavy atom. The molecule has 0 unspecified atom stereocenters. The second-order valence-corrected chi connectivity index (χ2v) is 4.12. The van der Waals surface area contributed by atoms with Crippen molar-refractivity contribution in [1.29, 1.82) is 0 Å². The first-order valence-corrected chi connectivity index (χ1v) is 5.26. The Balaban J connectivity index is 2.82. The van der Waals surface area contributed by atoms with Gasteiger partial charge in [0.05, 0.1) is 11.7 Å². The third-order valence-corrected chi connectivity index (χ3v) is 3.46. The first-order chi connectivity index (χ1) is 6.15. The van der Waals surface area contributed by atoms with Gasteiger partial charge in [-0.2, -0.15) is 0 Å². The van der Waals surface area contributed by atoms with E-state index in [0.717, 1.165) is 12.2 Å². The van der Waals surface area contributed by atoms with E-state index in [1.54, 1.807) is 6.07 Å². The predicted octanol–water partition coefficient (Wildman–Crippen LogP) is 2.40. The van der Waals surface area contributed by atoms with Gasteiger partial charge in [-0.3, -0.25) is 0 Å². The molecule has 4 heteroatoms. The highest BCUT2D eigenvalue weighted by molar-refractivity contribution is 14.1. The Bertz CT molecular complexity index is 277. The molecule has 0 amide bonds. The fourth-order valence-corrected chi connectivity index (χ4v) is 1.40. The fraction of sp³-hybridized carbons (Fsp3) is 0.444. The highest BCUT2D eigenvalue weighted by Gasteiger charge is 2.12. The quantitative estimate of drug-likeness (QED) is 0.687. The first kappa shape index (κ1) is 10.7. The zero-order valence-corrected chi connectivity index (χ0v) is 10.0. The van der Waals surface area contributed by atoms with Crippen molar-refractivity contribution in [3.8, 4) is 0 Å². The van der Waals surface area contributed by atoms with Crippen molar-refractivity contribution >= 4 is 28.7 Å². The van der Waals surface area contributed by atoms with E-state index >= 15 is 0 Å². The molecule has 0 aliphatic rings. The van der Waals surface area contributed by atoms with Crippen LogP contribution in [0.3, 0.4) is 0 Å². The van der Waals surface area contributed by atoms with Gasteiger partial charge in [-0.1, -0.05) is 13.0 Å². The molecule has 1 aromatic rings. The minimum atomic E-state index is 0.314. The van der Waals surface area contributed by atoms with Gasteiger partial charge in [-0.25, -0.2) is 8.10 Å². The van der Waals surface area contributed by atoms with Gasteiger partial charge in [0, 0.05) is 29.4 Å². The Kier molecular flexibility index (Phi) is 3.92. The van der Waals surface area contributed by atoms with Crippen LogP contribution >= 0.6 is 22.9 Å². The highest BCUT2D eigenvalue weighted by atomic mass is 127. The molecule has 1 atom stereocenters. The van der Waals surface area contributed by atoms with E-state index in [2.05, 4.69) is 44.8 Å². The van der Waals surface area contributed by atoms with Crippen molar-refractivity contribution in [2.75, 3.05) is 12.3 Å². The predicted molar refractivity (Wildman–Crippen MR) is 63.5 cm³/mol. The van der Waals surface area contributed by atoms with Crippen LogP contribution in [0.2, 0.25) is 0 Å². The monoisotopic (exact) mass is 291 g/mol. The van der Waals surface area contributed by atoms with Crippen molar-refractivity contribution in [3.05, 3.63) is 23.9 Å². The van der Waals surface area contributed by atoms with Crippen LogP contribution in [0.1, 0.15) is 25.6 Å². The molecule has 0 radical (unpaired) electrons. The molecule has 0 aliphatic carbocycles. The summed E-state index contributed by atoms with van der Waals surface area (Å²) in [7, 11) is 0. The molecule has 0 saturated heterocycles. The normalized spacial score (nSPS) is 13.2. The standard InChI is InChI=1S/C9H14IN3/c1-3-13(10)7(2)8-5-4-6-9(11)12-8/h4-7H,3H2,1-2H3,(H2,11,12)/t7-/m0/s1. The van der Waals surface area contributed by atoms with Crippen LogP contribution in [-0.2, 0) is 0 Å². The van der Waals surface area contributed by atoms with Crippen molar-refractivity contribution in [3.63, 3.8) is 0 Å². The van der Waals surface area contributed by atoms with Crippen LogP contribution in [0.25, 0.3) is 0 Å². The van der Waals surface area contributed by atoms with Gasteiger partial charge in [-0.05, 0) is 19.1 Å². The molecule has 0 aliphatic heterocycles. The van der Waals surface area contributed by atoms with Crippen LogP contribution in [-0.4, -0.2) is 14.6 Å². The Morgan fingerprint density at radius 2 is 2.31 bits per heavy atom. The molecule has 1 heterocycles. The van der Waals surface area contributed by atoms with E-state index < -0.39 is 0 Å². The summed E-state index contributed by atoms with van der Waals surface area (Å²) in [5, 5.41) is 0. The number of halogens is 1. The minimum Gasteiger partial charge on any atom is -0.384 e. The molecule has 0 fully saturated rings. The van der Waals surface area contributed by atoms with E-state index in [9.17, 15) is 0 Å². The van der Waals surface area contributed by atoms with Crippen LogP contribution in [0, 0.1) is 0 Å². The average Bonchev–Trinajstić information content (AvgIpc) is 2.15. The summed E-state index contributed by atoms with van der Waals surface area (Å²) in [6.07, 6.45) is 0. The van der Waals surface area contributed by atoms with Gasteiger partial charge in [0.15, 0.2) is 0 Å². The van der Waals surface area contributed by atoms with Gasteiger partial charge in [0.2, 0.25) is 0 Å². The van der Waals surface area contributed by atoms with E-state index in [-0.39, 0.29) is 0 Å². The lowest BCUT2D eigenvalue weighted by molar-refractivity contribution is 0.428. The lowest BCUT2D eigenvalue weighted by Crippen LogP contribution is -2.16. The number of anilines is 1. The molecule has 0 bridgehead atoms. The summed E-state index contributed by atoms with van der Waals surface area (Å²) in [5.41, 5.74) is 6.63. The number of nitrogen functional groups attached to an aromatic ring is 1. The molecule has 13 heavy (non-hydrogen) atoms. The largest absolute Gasteiger partial charge is 0.384 e. The third-order valence-electron chi connectivity index (χ3n) is 1.94. The van der Waals surface area contributed by atoms with E-state index in [1.807, 2.05) is 12.1 Å². The molecule has 0 saturated carbocycles. The average molecular weight is 291 g/mol. The van der Waals surface area contributed by atoms with E-state index in [1.165, 1.54) is 0 Å². The SMILES string of the molecule is CCN(I)[C@@H](C)c1cccc(N)n1. The van der Waals surface area contributed by atoms with Crippen LogP contribution < -0.4 is 5.73 Å². The van der Waals surface area contributed by atoms with E-state index in [4.69, 9.17) is 5.73 Å². The van der Waals surface area contributed by atoms with Crippen LogP contribution in [0.4, 0.5) is 5.82 Å². The van der Waals surface area contributed by atoms with Crippen molar-refractivity contribution in [1.82, 2.24) is 8.10 Å². The molecular weight excluding hydrogens is 277 g/mol. The van der Waals surface area contributed by atoms with E-state index in [0.29, 0.717) is 11.9 Å². The maximum atomic E-state index is 5.61. The Morgan fingerprint density at radius 3 is 2.85 bits per heavy atom. The van der Waals surface area contributed by atoms with Crippen LogP contribution in [0.5, 0.6) is 0 Å². The Labute approximate surface area is 92.8 Å². The second kappa shape index (κ2) is 4.76. The summed E-state index contributed by atoms with van der Waals surface area (Å²) in [6, 6.07) is 6.06. The summed E-state index contributed by atoms with van der Waals surface area (Å²) in [4.78, 5) is 4.27. The summed E-state index contributed by atoms with van der Waals surface area (Å²) >= 11 is 2.30. The maximum Gasteiger partial charge on any atom is 0.123 e. The second-order valence-electron chi connectivity index (χ2n) is 2.88. The minimum absolute atomic E-state index is 0.314. The van der Waals surface area contributed by atoms with Crippen molar-refractivity contribution in [2.24, 2.45) is 0 Å². The zero-order valence-electron chi connectivity index (χ0n) is 7.87. The lowest BCUT2D eigenvalue weighted by Gasteiger charge is -2.20. The molecule has 1 aromatic heterocycles. The Hall–Kier alpha value is -0.360. The lowest BCUT2D eigenvalue weighted by atomic mass is 10.2. The van der Waals surface area contributed by atoms with Gasteiger partial charge >= 0.3 is 0 Å². The summed E-state index contributed by atoms with van der Waals surface area (Å²) in [5.74, 6) is 0.588. The molecule has 1 rings (SSSR count).